The van der Waals surface area contributed by atoms with E-state index in [4.69, 9.17) is 23.2 Å². The van der Waals surface area contributed by atoms with E-state index in [1.54, 1.807) is 0 Å². The van der Waals surface area contributed by atoms with Crippen LogP contribution in [0.4, 0.5) is 22.0 Å². The van der Waals surface area contributed by atoms with E-state index in [1.165, 1.54) is 12.1 Å². The van der Waals surface area contributed by atoms with Crippen LogP contribution in [0.1, 0.15) is 18.7 Å². The number of benzene rings is 1. The first-order chi connectivity index (χ1) is 13.9. The van der Waals surface area contributed by atoms with Crippen molar-refractivity contribution in [2.75, 3.05) is 0 Å². The van der Waals surface area contributed by atoms with Crippen LogP contribution < -0.4 is 10.7 Å². The maximum Gasteiger partial charge on any atom is 0.403 e. The van der Waals surface area contributed by atoms with Crippen molar-refractivity contribution in [2.24, 2.45) is 0 Å². The molecule has 12 heteroatoms. The molecule has 160 valence electrons. The molecule has 3 aromatic rings. The lowest BCUT2D eigenvalue weighted by atomic mass is 10.1. The van der Waals surface area contributed by atoms with Gasteiger partial charge in [0.25, 0.3) is 0 Å². The van der Waals surface area contributed by atoms with Crippen molar-refractivity contribution in [3.05, 3.63) is 68.1 Å². The zero-order valence-electron chi connectivity index (χ0n) is 14.9. The molecule has 1 unspecified atom stereocenters. The molecule has 0 aliphatic heterocycles. The molecule has 30 heavy (non-hydrogen) atoms. The second kappa shape index (κ2) is 8.10. The quantitative estimate of drug-likeness (QED) is 0.336. The summed E-state index contributed by atoms with van der Waals surface area (Å²) >= 11 is 11.8. The molecule has 0 radical (unpaired) electrons. The Balaban J connectivity index is 2.29. The Labute approximate surface area is 175 Å². The van der Waals surface area contributed by atoms with Crippen molar-refractivity contribution in [3.8, 4) is 5.69 Å². The van der Waals surface area contributed by atoms with Crippen molar-refractivity contribution >= 4 is 34.2 Å². The number of aromatic nitrogens is 2. The van der Waals surface area contributed by atoms with Crippen molar-refractivity contribution in [1.29, 1.82) is 0 Å². The van der Waals surface area contributed by atoms with Gasteiger partial charge in [-0.1, -0.05) is 23.2 Å². The minimum atomic E-state index is -4.70. The fourth-order valence-corrected chi connectivity index (χ4v) is 3.18. The highest BCUT2D eigenvalue weighted by Crippen LogP contribution is 2.29. The number of rotatable bonds is 4. The summed E-state index contributed by atoms with van der Waals surface area (Å²) in [6.45, 7) is 0.751. The van der Waals surface area contributed by atoms with Crippen LogP contribution >= 0.6 is 23.2 Å². The third kappa shape index (κ3) is 4.27. The van der Waals surface area contributed by atoms with Gasteiger partial charge < -0.3 is 5.11 Å². The van der Waals surface area contributed by atoms with Gasteiger partial charge in [-0.3, -0.25) is 14.7 Å². The smallest absolute Gasteiger partial charge is 0.374 e. The third-order valence-corrected chi connectivity index (χ3v) is 4.76. The first kappa shape index (κ1) is 22.4. The predicted molar refractivity (Wildman–Crippen MR) is 101 cm³/mol. The molecule has 2 heterocycles. The number of aliphatic hydroxyl groups is 1. The van der Waals surface area contributed by atoms with Crippen molar-refractivity contribution in [1.82, 2.24) is 14.9 Å². The zero-order chi connectivity index (χ0) is 22.4. The highest BCUT2D eigenvalue weighted by Gasteiger charge is 2.37. The van der Waals surface area contributed by atoms with Gasteiger partial charge in [0.15, 0.2) is 11.2 Å². The standard InChI is InChI=1S/C18H12Cl2F5N3O2/c1-7(18(23,24)25)26-17(30)10-6-28(14-11(19)4-8(21)5-12(14)22)16-9(15(10)29)2-3-13(20)27-16/h2-7,17,26,30H,1H3/t7-,17?/m0/s1. The SMILES string of the molecule is C[C@H](NC(O)c1cn(-c2c(F)cc(F)cc2Cl)c2nc(Cl)ccc2c1=O)C(F)(F)F. The van der Waals surface area contributed by atoms with Gasteiger partial charge in [0.2, 0.25) is 0 Å². The molecule has 0 saturated carbocycles. The number of fused-ring (bicyclic) bond motifs is 1. The number of nitrogens with one attached hydrogen (secondary N) is 1. The number of alkyl halides is 3. The van der Waals surface area contributed by atoms with Crippen molar-refractivity contribution in [2.45, 2.75) is 25.4 Å². The minimum Gasteiger partial charge on any atom is -0.374 e. The normalized spacial score (nSPS) is 14.2. The molecule has 0 aliphatic rings. The highest BCUT2D eigenvalue weighted by molar-refractivity contribution is 6.32. The molecule has 0 spiro atoms. The summed E-state index contributed by atoms with van der Waals surface area (Å²) in [6, 6.07) is 1.61. The number of hydrogen-bond acceptors (Lipinski definition) is 4. The highest BCUT2D eigenvalue weighted by atomic mass is 35.5. The maximum absolute atomic E-state index is 14.5. The van der Waals surface area contributed by atoms with E-state index in [2.05, 4.69) is 4.98 Å². The minimum absolute atomic E-state index is 0.0774. The van der Waals surface area contributed by atoms with Gasteiger partial charge in [0, 0.05) is 12.3 Å². The Morgan fingerprint density at radius 2 is 1.87 bits per heavy atom. The van der Waals surface area contributed by atoms with E-state index in [-0.39, 0.29) is 16.2 Å². The number of hydrogen-bond donors (Lipinski definition) is 2. The molecular weight excluding hydrogens is 456 g/mol. The van der Waals surface area contributed by atoms with Crippen LogP contribution in [0.3, 0.4) is 0 Å². The molecule has 0 amide bonds. The van der Waals surface area contributed by atoms with Crippen molar-refractivity contribution in [3.63, 3.8) is 0 Å². The topological polar surface area (TPSA) is 67.2 Å². The van der Waals surface area contributed by atoms with Crippen LogP contribution in [-0.4, -0.2) is 26.9 Å². The average Bonchev–Trinajstić information content (AvgIpc) is 2.61. The summed E-state index contributed by atoms with van der Waals surface area (Å²) in [5.74, 6) is -2.11. The molecular formula is C18H12Cl2F5N3O2. The van der Waals surface area contributed by atoms with Crippen molar-refractivity contribution < 1.29 is 27.1 Å². The van der Waals surface area contributed by atoms with Crippen LogP contribution in [0.5, 0.6) is 0 Å². The summed E-state index contributed by atoms with van der Waals surface area (Å²) in [5, 5.41) is 11.4. The number of aliphatic hydroxyl groups excluding tert-OH is 1. The number of halogens is 7. The molecule has 0 fully saturated rings. The number of nitrogens with zero attached hydrogens (tertiary/aromatic N) is 2. The Morgan fingerprint density at radius 3 is 2.47 bits per heavy atom. The zero-order valence-corrected chi connectivity index (χ0v) is 16.4. The fraction of sp³-hybridized carbons (Fsp3) is 0.222. The van der Waals surface area contributed by atoms with Crippen LogP contribution in [0.15, 0.2) is 35.3 Å². The second-order valence-electron chi connectivity index (χ2n) is 6.34. The predicted octanol–water partition coefficient (Wildman–Crippen LogP) is 4.50. The van der Waals surface area contributed by atoms with E-state index in [9.17, 15) is 31.9 Å². The van der Waals surface area contributed by atoms with Gasteiger partial charge in [0.1, 0.15) is 34.6 Å². The monoisotopic (exact) mass is 467 g/mol. The summed E-state index contributed by atoms with van der Waals surface area (Å²) in [4.78, 5) is 16.7. The molecule has 2 aromatic heterocycles. The van der Waals surface area contributed by atoms with E-state index in [0.717, 1.165) is 23.8 Å². The summed E-state index contributed by atoms with van der Waals surface area (Å²) in [7, 11) is 0. The van der Waals surface area contributed by atoms with Crippen LogP contribution in [0.2, 0.25) is 10.2 Å². The Hall–Kier alpha value is -2.27. The molecule has 0 aliphatic carbocycles. The summed E-state index contributed by atoms with van der Waals surface area (Å²) < 4.78 is 67.4. The summed E-state index contributed by atoms with van der Waals surface area (Å²) in [5.41, 5.74) is -2.03. The second-order valence-corrected chi connectivity index (χ2v) is 7.13. The van der Waals surface area contributed by atoms with E-state index >= 15 is 0 Å². The van der Waals surface area contributed by atoms with Gasteiger partial charge in [-0.05, 0) is 25.1 Å². The molecule has 2 atom stereocenters. The van der Waals surface area contributed by atoms with Crippen LogP contribution in [0, 0.1) is 11.6 Å². The Bertz CT molecular complexity index is 1160. The molecule has 3 rings (SSSR count). The molecule has 5 nitrogen and oxygen atoms in total. The van der Waals surface area contributed by atoms with Gasteiger partial charge in [-0.15, -0.1) is 0 Å². The molecule has 0 saturated heterocycles. The van der Waals surface area contributed by atoms with Crippen LogP contribution in [0.25, 0.3) is 16.7 Å². The van der Waals surface area contributed by atoms with E-state index < -0.39 is 51.8 Å². The van der Waals surface area contributed by atoms with Gasteiger partial charge in [-0.25, -0.2) is 13.8 Å². The Kier molecular flexibility index (Phi) is 6.06. The Morgan fingerprint density at radius 1 is 1.20 bits per heavy atom. The third-order valence-electron chi connectivity index (χ3n) is 4.26. The molecule has 1 aromatic carbocycles. The number of pyridine rings is 2. The van der Waals surface area contributed by atoms with Crippen LogP contribution in [-0.2, 0) is 0 Å². The van der Waals surface area contributed by atoms with Gasteiger partial charge >= 0.3 is 6.18 Å². The first-order valence-electron chi connectivity index (χ1n) is 8.27. The maximum atomic E-state index is 14.5. The average molecular weight is 468 g/mol. The van der Waals surface area contributed by atoms with E-state index in [1.807, 2.05) is 5.32 Å². The molecule has 0 bridgehead atoms. The van der Waals surface area contributed by atoms with E-state index in [0.29, 0.717) is 6.07 Å². The lowest BCUT2D eigenvalue weighted by Gasteiger charge is -2.22. The lowest BCUT2D eigenvalue weighted by molar-refractivity contribution is -0.159. The van der Waals surface area contributed by atoms with Gasteiger partial charge in [0.05, 0.1) is 16.0 Å². The summed E-state index contributed by atoms with van der Waals surface area (Å²) in [6.07, 6.45) is -5.89. The lowest BCUT2D eigenvalue weighted by Crippen LogP contribution is -2.42. The molecule has 2 N–H and O–H groups in total. The largest absolute Gasteiger partial charge is 0.403 e. The van der Waals surface area contributed by atoms with Gasteiger partial charge in [-0.2, -0.15) is 13.2 Å². The first-order valence-corrected chi connectivity index (χ1v) is 9.03. The fourth-order valence-electron chi connectivity index (χ4n) is 2.75.